The van der Waals surface area contributed by atoms with Gasteiger partial charge in [-0.25, -0.2) is 4.21 Å². The topological polar surface area (TPSA) is 26.3 Å². The maximum atomic E-state index is 11.6. The highest BCUT2D eigenvalue weighted by atomic mass is 32.8. The molecule has 0 saturated heterocycles. The summed E-state index contributed by atoms with van der Waals surface area (Å²) in [5.41, 5.74) is 0. The molecule has 0 spiro atoms. The molecule has 0 bridgehead atoms. The Morgan fingerprint density at radius 1 is 1.38 bits per heavy atom. The third-order valence-electron chi connectivity index (χ3n) is 2.29. The van der Waals surface area contributed by atoms with Crippen molar-refractivity contribution in [2.45, 2.75) is 51.6 Å². The van der Waals surface area contributed by atoms with Gasteiger partial charge >= 0.3 is 0 Å². The Hall–Kier alpha value is 0.330. The van der Waals surface area contributed by atoms with E-state index in [1.54, 1.807) is 0 Å². The average Bonchev–Trinajstić information content (AvgIpc) is 2.04. The molecule has 0 amide bonds. The van der Waals surface area contributed by atoms with Gasteiger partial charge in [-0.1, -0.05) is 26.2 Å². The van der Waals surface area contributed by atoms with Crippen molar-refractivity contribution in [3.05, 3.63) is 0 Å². The van der Waals surface area contributed by atoms with E-state index >= 15 is 0 Å². The molecular weight excluding hydrogens is 204 g/mol. The summed E-state index contributed by atoms with van der Waals surface area (Å²) >= 11 is 4.93. The highest BCUT2D eigenvalue weighted by Gasteiger charge is 2.18. The first-order valence-electron chi connectivity index (χ1n) is 5.05. The summed E-state index contributed by atoms with van der Waals surface area (Å²) in [7, 11) is -2.40. The molecule has 1 fully saturated rings. The van der Waals surface area contributed by atoms with Gasteiger partial charge in [-0.05, 0) is 19.3 Å². The van der Waals surface area contributed by atoms with Gasteiger partial charge < -0.3 is 0 Å². The molecule has 1 aliphatic rings. The van der Waals surface area contributed by atoms with E-state index in [2.05, 4.69) is 0 Å². The standard InChI is InChI=1S/C9H18O2S2/c1-2-8-13(10,12)11-9-6-4-3-5-7-9/h9H,2-8H2,1H3. The van der Waals surface area contributed by atoms with Gasteiger partial charge in [0.25, 0.3) is 0 Å². The van der Waals surface area contributed by atoms with Crippen molar-refractivity contribution in [2.75, 3.05) is 5.75 Å². The van der Waals surface area contributed by atoms with Gasteiger partial charge in [-0.15, -0.1) is 0 Å². The molecule has 13 heavy (non-hydrogen) atoms. The van der Waals surface area contributed by atoms with Gasteiger partial charge in [0.05, 0.1) is 6.10 Å². The highest BCUT2D eigenvalue weighted by molar-refractivity contribution is 8.30. The lowest BCUT2D eigenvalue weighted by molar-refractivity contribution is 0.173. The Morgan fingerprint density at radius 3 is 2.54 bits per heavy atom. The van der Waals surface area contributed by atoms with E-state index in [0.29, 0.717) is 5.75 Å². The normalized spacial score (nSPS) is 24.1. The van der Waals surface area contributed by atoms with Crippen LogP contribution in [0.5, 0.6) is 0 Å². The van der Waals surface area contributed by atoms with Crippen LogP contribution in [0.1, 0.15) is 45.4 Å². The molecule has 1 atom stereocenters. The Balaban J connectivity index is 2.37. The average molecular weight is 222 g/mol. The van der Waals surface area contributed by atoms with Crippen molar-refractivity contribution in [1.29, 1.82) is 0 Å². The van der Waals surface area contributed by atoms with Crippen molar-refractivity contribution < 1.29 is 8.39 Å². The first-order valence-corrected chi connectivity index (χ1v) is 7.63. The van der Waals surface area contributed by atoms with E-state index in [1.165, 1.54) is 19.3 Å². The zero-order valence-electron chi connectivity index (χ0n) is 8.16. The monoisotopic (exact) mass is 222 g/mol. The maximum absolute atomic E-state index is 11.6. The SMILES string of the molecule is CCCS(=O)(=S)OC1CCCCC1. The van der Waals surface area contributed by atoms with Crippen LogP contribution in [0.4, 0.5) is 0 Å². The predicted molar refractivity (Wildman–Crippen MR) is 58.6 cm³/mol. The van der Waals surface area contributed by atoms with Crippen molar-refractivity contribution in [3.63, 3.8) is 0 Å². The van der Waals surface area contributed by atoms with Crippen LogP contribution in [0.3, 0.4) is 0 Å². The molecule has 78 valence electrons. The van der Waals surface area contributed by atoms with Crippen LogP contribution in [-0.2, 0) is 24.1 Å². The molecule has 2 nitrogen and oxygen atoms in total. The van der Waals surface area contributed by atoms with Crippen molar-refractivity contribution in [3.8, 4) is 0 Å². The Labute approximate surface area is 85.9 Å². The molecule has 0 aromatic heterocycles. The largest absolute Gasteiger partial charge is 0.287 e. The van der Waals surface area contributed by atoms with Gasteiger partial charge in [-0.3, -0.25) is 4.18 Å². The maximum Gasteiger partial charge on any atom is 0.144 e. The second kappa shape index (κ2) is 5.27. The molecule has 4 heteroatoms. The summed E-state index contributed by atoms with van der Waals surface area (Å²) in [6.45, 7) is 1.98. The van der Waals surface area contributed by atoms with E-state index in [1.807, 2.05) is 6.92 Å². The number of hydrogen-bond acceptors (Lipinski definition) is 3. The number of hydrogen-bond donors (Lipinski definition) is 0. The van der Waals surface area contributed by atoms with E-state index in [9.17, 15) is 4.21 Å². The van der Waals surface area contributed by atoms with Crippen molar-refractivity contribution in [1.82, 2.24) is 0 Å². The highest BCUT2D eigenvalue weighted by Crippen LogP contribution is 2.22. The van der Waals surface area contributed by atoms with Crippen molar-refractivity contribution >= 4 is 20.0 Å². The van der Waals surface area contributed by atoms with E-state index in [0.717, 1.165) is 19.3 Å². The third kappa shape index (κ3) is 4.38. The molecule has 0 N–H and O–H groups in total. The predicted octanol–water partition coefficient (Wildman–Crippen LogP) is 2.41. The van der Waals surface area contributed by atoms with Gasteiger partial charge in [0.15, 0.2) is 0 Å². The van der Waals surface area contributed by atoms with Crippen molar-refractivity contribution in [2.24, 2.45) is 0 Å². The lowest BCUT2D eigenvalue weighted by Gasteiger charge is -2.22. The summed E-state index contributed by atoms with van der Waals surface area (Å²) < 4.78 is 17.1. The molecule has 0 radical (unpaired) electrons. The van der Waals surface area contributed by atoms with Gasteiger partial charge in [-0.2, -0.15) is 0 Å². The molecule has 0 aromatic rings. The van der Waals surface area contributed by atoms with Gasteiger partial charge in [0.1, 0.15) is 8.77 Å². The number of rotatable bonds is 4. The fourth-order valence-corrected chi connectivity index (χ4v) is 3.70. The first kappa shape index (κ1) is 11.4. The minimum absolute atomic E-state index is 0.172. The Morgan fingerprint density at radius 2 is 2.00 bits per heavy atom. The summed E-state index contributed by atoms with van der Waals surface area (Å²) in [6.07, 6.45) is 6.77. The second-order valence-electron chi connectivity index (χ2n) is 3.62. The summed E-state index contributed by atoms with van der Waals surface area (Å²) in [5, 5.41) is 0. The fourth-order valence-electron chi connectivity index (χ4n) is 1.67. The molecule has 0 aromatic carbocycles. The van der Waals surface area contributed by atoms with Gasteiger partial charge in [0.2, 0.25) is 0 Å². The zero-order valence-corrected chi connectivity index (χ0v) is 9.79. The Bertz CT molecular complexity index is 228. The van der Waals surface area contributed by atoms with Crippen LogP contribution in [-0.4, -0.2) is 16.1 Å². The quantitative estimate of drug-likeness (QED) is 0.730. The van der Waals surface area contributed by atoms with Crippen LogP contribution in [0.15, 0.2) is 0 Å². The lowest BCUT2D eigenvalue weighted by atomic mass is 9.98. The van der Waals surface area contributed by atoms with E-state index < -0.39 is 8.77 Å². The van der Waals surface area contributed by atoms with Gasteiger partial charge in [0, 0.05) is 16.9 Å². The summed E-state index contributed by atoms with van der Waals surface area (Å²) in [6, 6.07) is 0. The molecule has 1 rings (SSSR count). The van der Waals surface area contributed by atoms with Crippen LogP contribution in [0.25, 0.3) is 0 Å². The molecule has 1 unspecified atom stereocenters. The minimum atomic E-state index is -2.40. The van der Waals surface area contributed by atoms with E-state index in [-0.39, 0.29) is 6.10 Å². The molecule has 1 saturated carbocycles. The molecule has 0 aliphatic heterocycles. The lowest BCUT2D eigenvalue weighted by Crippen LogP contribution is -2.21. The first-order chi connectivity index (χ1) is 6.14. The van der Waals surface area contributed by atoms with Crippen LogP contribution < -0.4 is 0 Å². The fraction of sp³-hybridized carbons (Fsp3) is 1.00. The minimum Gasteiger partial charge on any atom is -0.287 e. The smallest absolute Gasteiger partial charge is 0.144 e. The summed E-state index contributed by atoms with van der Waals surface area (Å²) in [5.74, 6) is 0.527. The third-order valence-corrected chi connectivity index (χ3v) is 4.50. The molecule has 1 aliphatic carbocycles. The summed E-state index contributed by atoms with van der Waals surface area (Å²) in [4.78, 5) is 0. The molecular formula is C9H18O2S2. The Kier molecular flexibility index (Phi) is 4.62. The second-order valence-corrected chi connectivity index (χ2v) is 6.86. The van der Waals surface area contributed by atoms with Crippen LogP contribution in [0, 0.1) is 0 Å². The van der Waals surface area contributed by atoms with Crippen LogP contribution in [0.2, 0.25) is 0 Å². The van der Waals surface area contributed by atoms with Crippen LogP contribution >= 0.6 is 0 Å². The van der Waals surface area contributed by atoms with E-state index in [4.69, 9.17) is 15.4 Å². The molecule has 0 heterocycles. The zero-order chi connectivity index (χ0) is 9.73.